The minimum absolute atomic E-state index is 0.113. The highest BCUT2D eigenvalue weighted by Gasteiger charge is 2.30. The second-order valence-electron chi connectivity index (χ2n) is 11.4. The average molecular weight is 485 g/mol. The smallest absolute Gasteiger partial charge is 0.318 e. The minimum Gasteiger partial charge on any atom is -0.365 e. The van der Waals surface area contributed by atoms with E-state index in [1.807, 2.05) is 4.90 Å². The van der Waals surface area contributed by atoms with E-state index in [0.29, 0.717) is 18.9 Å². The molecule has 0 bridgehead atoms. The van der Waals surface area contributed by atoms with Gasteiger partial charge < -0.3 is 20.4 Å². The third-order valence-corrected chi connectivity index (χ3v) is 6.38. The van der Waals surface area contributed by atoms with Gasteiger partial charge in [-0.2, -0.15) is 0 Å². The first kappa shape index (κ1) is 28.7. The molecule has 0 saturated carbocycles. The Bertz CT molecular complexity index is 833. The highest BCUT2D eigenvalue weighted by Crippen LogP contribution is 2.19. The lowest BCUT2D eigenvalue weighted by Crippen LogP contribution is -2.58. The molecule has 2 rings (SSSR count). The molecule has 1 unspecified atom stereocenters. The van der Waals surface area contributed by atoms with E-state index in [4.69, 9.17) is 0 Å². The number of hydrogen-bond donors (Lipinski definition) is 2. The van der Waals surface area contributed by atoms with Gasteiger partial charge in [0.25, 0.3) is 0 Å². The van der Waals surface area contributed by atoms with Crippen LogP contribution in [0.5, 0.6) is 0 Å². The normalized spacial score (nSPS) is 15.3. The lowest BCUT2D eigenvalue weighted by atomic mass is 9.99. The van der Waals surface area contributed by atoms with Gasteiger partial charge in [-0.05, 0) is 71.9 Å². The number of nitrogens with zero attached hydrogens (tertiary/aromatic N) is 2. The molecule has 1 fully saturated rings. The Morgan fingerprint density at radius 2 is 1.66 bits per heavy atom. The second kappa shape index (κ2) is 13.6. The van der Waals surface area contributed by atoms with Crippen LogP contribution in [0.25, 0.3) is 0 Å². The SMILES string of the molecule is CC(C)=CCN(CC(C)(C)NC(=O)C(CC(C)C)NC(=O)N1CCCCCC1)c1ccc(C)cc1. The number of rotatable bonds is 10. The number of amides is 3. The third kappa shape index (κ3) is 10.3. The summed E-state index contributed by atoms with van der Waals surface area (Å²) in [6.07, 6.45) is 7.21. The predicted molar refractivity (Wildman–Crippen MR) is 147 cm³/mol. The standard InChI is InChI=1S/C29H48N4O2/c1-22(2)16-19-33(25-14-12-24(5)13-15-25)21-29(6,7)31-27(34)26(20-23(3)4)30-28(35)32-17-10-8-9-11-18-32/h12-16,23,26H,8-11,17-21H2,1-7H3,(H,30,35)(H,31,34). The van der Waals surface area contributed by atoms with Crippen LogP contribution >= 0.6 is 0 Å². The van der Waals surface area contributed by atoms with Crippen LogP contribution in [0.15, 0.2) is 35.9 Å². The minimum atomic E-state index is -0.546. The Balaban J connectivity index is 2.12. The van der Waals surface area contributed by atoms with E-state index in [1.165, 1.54) is 11.1 Å². The van der Waals surface area contributed by atoms with Gasteiger partial charge in [0.05, 0.1) is 5.54 Å². The quantitative estimate of drug-likeness (QED) is 0.421. The second-order valence-corrected chi connectivity index (χ2v) is 11.4. The van der Waals surface area contributed by atoms with Crippen LogP contribution in [0.1, 0.15) is 79.2 Å². The Kier molecular flexibility index (Phi) is 11.1. The molecule has 2 N–H and O–H groups in total. The summed E-state index contributed by atoms with van der Waals surface area (Å²) in [5.74, 6) is 0.179. The van der Waals surface area contributed by atoms with Gasteiger partial charge >= 0.3 is 6.03 Å². The van der Waals surface area contributed by atoms with Crippen molar-refractivity contribution in [3.8, 4) is 0 Å². The van der Waals surface area contributed by atoms with Gasteiger partial charge in [0.1, 0.15) is 6.04 Å². The first-order valence-corrected chi connectivity index (χ1v) is 13.3. The zero-order valence-electron chi connectivity index (χ0n) is 23.1. The number of benzene rings is 1. The molecule has 6 heteroatoms. The van der Waals surface area contributed by atoms with Gasteiger partial charge in [-0.25, -0.2) is 4.79 Å². The first-order valence-electron chi connectivity index (χ1n) is 13.3. The number of hydrogen-bond acceptors (Lipinski definition) is 3. The fourth-order valence-electron chi connectivity index (χ4n) is 4.46. The Morgan fingerprint density at radius 1 is 1.06 bits per heavy atom. The van der Waals surface area contributed by atoms with Crippen molar-refractivity contribution in [2.75, 3.05) is 31.1 Å². The molecule has 6 nitrogen and oxygen atoms in total. The molecular weight excluding hydrogens is 436 g/mol. The predicted octanol–water partition coefficient (Wildman–Crippen LogP) is 5.66. The number of aryl methyl sites for hydroxylation is 1. The molecule has 1 aliphatic rings. The number of carbonyl (C=O) groups is 2. The summed E-state index contributed by atoms with van der Waals surface area (Å²) in [6, 6.07) is 7.84. The van der Waals surface area contributed by atoms with Crippen molar-refractivity contribution >= 4 is 17.6 Å². The molecule has 1 aliphatic heterocycles. The first-order chi connectivity index (χ1) is 16.5. The van der Waals surface area contributed by atoms with Crippen molar-refractivity contribution in [1.82, 2.24) is 15.5 Å². The highest BCUT2D eigenvalue weighted by atomic mass is 16.2. The van der Waals surface area contributed by atoms with E-state index in [-0.39, 0.29) is 11.9 Å². The Hall–Kier alpha value is -2.50. The fraction of sp³-hybridized carbons (Fsp3) is 0.655. The van der Waals surface area contributed by atoms with Crippen LogP contribution < -0.4 is 15.5 Å². The van der Waals surface area contributed by atoms with Gasteiger partial charge in [-0.15, -0.1) is 0 Å². The van der Waals surface area contributed by atoms with Gasteiger partial charge in [0, 0.05) is 31.9 Å². The highest BCUT2D eigenvalue weighted by molar-refractivity contribution is 5.87. The van der Waals surface area contributed by atoms with Gasteiger partial charge in [0.15, 0.2) is 0 Å². The zero-order valence-corrected chi connectivity index (χ0v) is 23.1. The summed E-state index contributed by atoms with van der Waals surface area (Å²) in [7, 11) is 0. The summed E-state index contributed by atoms with van der Waals surface area (Å²) in [5.41, 5.74) is 3.13. The lowest BCUT2D eigenvalue weighted by molar-refractivity contribution is -0.124. The van der Waals surface area contributed by atoms with Crippen molar-refractivity contribution in [2.24, 2.45) is 5.92 Å². The number of nitrogens with one attached hydrogen (secondary N) is 2. The van der Waals surface area contributed by atoms with Crippen molar-refractivity contribution < 1.29 is 9.59 Å². The van der Waals surface area contributed by atoms with Gasteiger partial charge in [-0.3, -0.25) is 4.79 Å². The van der Waals surface area contributed by atoms with E-state index >= 15 is 0 Å². The molecule has 3 amide bonds. The van der Waals surface area contributed by atoms with E-state index < -0.39 is 11.6 Å². The van der Waals surface area contributed by atoms with Crippen molar-refractivity contribution in [3.05, 3.63) is 41.5 Å². The molecule has 1 atom stereocenters. The van der Waals surface area contributed by atoms with Crippen molar-refractivity contribution in [1.29, 1.82) is 0 Å². The Labute approximate surface area is 213 Å². The summed E-state index contributed by atoms with van der Waals surface area (Å²) < 4.78 is 0. The van der Waals surface area contributed by atoms with E-state index in [9.17, 15) is 9.59 Å². The summed E-state index contributed by atoms with van der Waals surface area (Å²) in [5, 5.41) is 6.30. The van der Waals surface area contributed by atoms with Crippen LogP contribution in [0.3, 0.4) is 0 Å². The number of allylic oxidation sites excluding steroid dienone is 1. The van der Waals surface area contributed by atoms with Crippen LogP contribution in [0, 0.1) is 12.8 Å². The van der Waals surface area contributed by atoms with Crippen LogP contribution in [-0.2, 0) is 4.79 Å². The van der Waals surface area contributed by atoms with E-state index in [0.717, 1.165) is 51.0 Å². The van der Waals surface area contributed by atoms with E-state index in [2.05, 4.69) is 94.3 Å². The fourth-order valence-corrected chi connectivity index (χ4v) is 4.46. The van der Waals surface area contributed by atoms with Crippen molar-refractivity contribution in [3.63, 3.8) is 0 Å². The zero-order chi connectivity index (χ0) is 26.0. The maximum Gasteiger partial charge on any atom is 0.318 e. The number of urea groups is 1. The van der Waals surface area contributed by atoms with Gasteiger partial charge in [-0.1, -0.05) is 56.0 Å². The van der Waals surface area contributed by atoms with Crippen LogP contribution in [-0.4, -0.2) is 54.6 Å². The number of likely N-dealkylation sites (tertiary alicyclic amines) is 1. The van der Waals surface area contributed by atoms with Crippen molar-refractivity contribution in [2.45, 2.75) is 92.2 Å². The molecule has 0 radical (unpaired) electrons. The average Bonchev–Trinajstić information content (AvgIpc) is 3.05. The molecule has 0 aliphatic carbocycles. The molecule has 0 spiro atoms. The van der Waals surface area contributed by atoms with Gasteiger partial charge in [0.2, 0.25) is 5.91 Å². The molecule has 1 saturated heterocycles. The number of carbonyl (C=O) groups excluding carboxylic acids is 2. The van der Waals surface area contributed by atoms with Crippen LogP contribution in [0.2, 0.25) is 0 Å². The lowest BCUT2D eigenvalue weighted by Gasteiger charge is -2.36. The molecule has 1 heterocycles. The largest absolute Gasteiger partial charge is 0.365 e. The maximum atomic E-state index is 13.4. The molecule has 1 aromatic rings. The summed E-state index contributed by atoms with van der Waals surface area (Å²) in [4.78, 5) is 30.6. The molecule has 0 aromatic heterocycles. The Morgan fingerprint density at radius 3 is 2.20 bits per heavy atom. The molecule has 1 aromatic carbocycles. The molecule has 35 heavy (non-hydrogen) atoms. The number of anilines is 1. The third-order valence-electron chi connectivity index (χ3n) is 6.38. The summed E-state index contributed by atoms with van der Waals surface area (Å²) in [6.45, 7) is 17.5. The topological polar surface area (TPSA) is 64.7 Å². The van der Waals surface area contributed by atoms with E-state index in [1.54, 1.807) is 0 Å². The van der Waals surface area contributed by atoms with Crippen LogP contribution in [0.4, 0.5) is 10.5 Å². The monoisotopic (exact) mass is 484 g/mol. The molecular formula is C29H48N4O2. The summed E-state index contributed by atoms with van der Waals surface area (Å²) >= 11 is 0. The maximum absolute atomic E-state index is 13.4. The molecule has 196 valence electrons.